The maximum Gasteiger partial charge on any atom is 0.129 e. The van der Waals surface area contributed by atoms with Crippen LogP contribution < -0.4 is 5.32 Å². The van der Waals surface area contributed by atoms with Crippen LogP contribution in [0.4, 0.5) is 4.39 Å². The van der Waals surface area contributed by atoms with Crippen LogP contribution in [0.5, 0.6) is 0 Å². The molecule has 1 heterocycles. The summed E-state index contributed by atoms with van der Waals surface area (Å²) in [6, 6.07) is 8.84. The molecule has 112 valence electrons. The first-order valence-corrected chi connectivity index (χ1v) is 7.65. The van der Waals surface area contributed by atoms with Crippen molar-refractivity contribution in [1.82, 2.24) is 10.3 Å². The second kappa shape index (κ2) is 8.11. The molecule has 1 atom stereocenters. The molecule has 0 saturated carbocycles. The maximum absolute atomic E-state index is 14.1. The molecular formula is C17H20ClFN2. The van der Waals surface area contributed by atoms with Gasteiger partial charge < -0.3 is 5.32 Å². The van der Waals surface area contributed by atoms with E-state index in [-0.39, 0.29) is 11.9 Å². The van der Waals surface area contributed by atoms with Gasteiger partial charge in [-0.15, -0.1) is 0 Å². The van der Waals surface area contributed by atoms with E-state index in [9.17, 15) is 4.39 Å². The number of benzene rings is 1. The van der Waals surface area contributed by atoms with Crippen LogP contribution in [0.3, 0.4) is 0 Å². The third kappa shape index (κ3) is 4.80. The van der Waals surface area contributed by atoms with Crippen molar-refractivity contribution in [3.63, 3.8) is 0 Å². The van der Waals surface area contributed by atoms with Crippen LogP contribution in [-0.2, 0) is 6.42 Å². The van der Waals surface area contributed by atoms with Crippen molar-refractivity contribution in [1.29, 1.82) is 0 Å². The molecule has 0 fully saturated rings. The summed E-state index contributed by atoms with van der Waals surface area (Å²) >= 11 is 5.83. The largest absolute Gasteiger partial charge is 0.310 e. The molecule has 0 spiro atoms. The minimum absolute atomic E-state index is 0.0116. The predicted octanol–water partition coefficient (Wildman–Crippen LogP) is 4.55. The van der Waals surface area contributed by atoms with E-state index in [0.29, 0.717) is 10.6 Å². The number of hydrogen-bond donors (Lipinski definition) is 1. The van der Waals surface area contributed by atoms with E-state index in [0.717, 1.165) is 31.4 Å². The number of hydrogen-bond acceptors (Lipinski definition) is 2. The fourth-order valence-corrected chi connectivity index (χ4v) is 2.49. The molecule has 0 aliphatic heterocycles. The number of nitrogens with zero attached hydrogens (tertiary/aromatic N) is 1. The van der Waals surface area contributed by atoms with Crippen LogP contribution in [0.2, 0.25) is 5.02 Å². The van der Waals surface area contributed by atoms with Crippen LogP contribution in [-0.4, -0.2) is 11.5 Å². The van der Waals surface area contributed by atoms with Gasteiger partial charge in [0.1, 0.15) is 5.82 Å². The Labute approximate surface area is 130 Å². The topological polar surface area (TPSA) is 24.9 Å². The summed E-state index contributed by atoms with van der Waals surface area (Å²) < 4.78 is 14.1. The lowest BCUT2D eigenvalue weighted by Gasteiger charge is -2.20. The number of rotatable bonds is 7. The Kier molecular flexibility index (Phi) is 6.15. The first-order chi connectivity index (χ1) is 10.2. The van der Waals surface area contributed by atoms with Crippen molar-refractivity contribution >= 4 is 11.6 Å². The maximum atomic E-state index is 14.1. The van der Waals surface area contributed by atoms with Crippen LogP contribution in [0.25, 0.3) is 0 Å². The van der Waals surface area contributed by atoms with Crippen molar-refractivity contribution in [3.8, 4) is 0 Å². The van der Waals surface area contributed by atoms with E-state index in [1.54, 1.807) is 18.3 Å². The third-order valence-corrected chi connectivity index (χ3v) is 3.66. The number of nitrogens with one attached hydrogen (secondary N) is 1. The Hall–Kier alpha value is -1.45. The molecule has 1 unspecified atom stereocenters. The van der Waals surface area contributed by atoms with E-state index in [1.807, 2.05) is 18.3 Å². The molecule has 0 radical (unpaired) electrons. The number of halogens is 2. The molecule has 1 aromatic carbocycles. The fraction of sp³-hybridized carbons (Fsp3) is 0.353. The lowest BCUT2D eigenvalue weighted by Crippen LogP contribution is -2.23. The minimum atomic E-state index is -0.248. The normalized spacial score (nSPS) is 12.3. The molecule has 21 heavy (non-hydrogen) atoms. The molecule has 0 bridgehead atoms. The van der Waals surface area contributed by atoms with Crippen LogP contribution >= 0.6 is 11.6 Å². The fourth-order valence-electron chi connectivity index (χ4n) is 2.33. The number of aromatic nitrogens is 1. The van der Waals surface area contributed by atoms with Gasteiger partial charge in [-0.25, -0.2) is 4.39 Å². The van der Waals surface area contributed by atoms with Gasteiger partial charge in [0.2, 0.25) is 0 Å². The van der Waals surface area contributed by atoms with Gasteiger partial charge in [-0.3, -0.25) is 4.98 Å². The summed E-state index contributed by atoms with van der Waals surface area (Å²) in [5.41, 5.74) is 1.84. The zero-order chi connectivity index (χ0) is 15.1. The summed E-state index contributed by atoms with van der Waals surface area (Å²) in [5, 5.41) is 3.84. The molecular weight excluding hydrogens is 287 g/mol. The van der Waals surface area contributed by atoms with Crippen molar-refractivity contribution in [2.45, 2.75) is 32.2 Å². The van der Waals surface area contributed by atoms with Gasteiger partial charge in [-0.2, -0.15) is 0 Å². The molecule has 0 saturated heterocycles. The Morgan fingerprint density at radius 3 is 2.86 bits per heavy atom. The minimum Gasteiger partial charge on any atom is -0.310 e. The van der Waals surface area contributed by atoms with Gasteiger partial charge in [-0.05, 0) is 49.6 Å². The molecule has 0 aliphatic rings. The second-order valence-corrected chi connectivity index (χ2v) is 5.51. The highest BCUT2D eigenvalue weighted by Gasteiger charge is 2.15. The quantitative estimate of drug-likeness (QED) is 0.812. The summed E-state index contributed by atoms with van der Waals surface area (Å²) in [6.07, 6.45) is 6.31. The summed E-state index contributed by atoms with van der Waals surface area (Å²) in [5.74, 6) is -0.248. The van der Waals surface area contributed by atoms with Crippen LogP contribution in [0.15, 0.2) is 42.7 Å². The summed E-state index contributed by atoms with van der Waals surface area (Å²) in [7, 11) is 0. The lowest BCUT2D eigenvalue weighted by molar-refractivity contribution is 0.473. The zero-order valence-electron chi connectivity index (χ0n) is 12.2. The highest BCUT2D eigenvalue weighted by atomic mass is 35.5. The molecule has 0 aliphatic carbocycles. The lowest BCUT2D eigenvalue weighted by atomic mass is 9.99. The highest BCUT2D eigenvalue weighted by molar-refractivity contribution is 6.30. The Morgan fingerprint density at radius 1 is 1.33 bits per heavy atom. The van der Waals surface area contributed by atoms with Gasteiger partial charge in [-0.1, -0.05) is 30.7 Å². The van der Waals surface area contributed by atoms with Crippen molar-refractivity contribution in [2.24, 2.45) is 0 Å². The van der Waals surface area contributed by atoms with Gasteiger partial charge in [0, 0.05) is 29.0 Å². The van der Waals surface area contributed by atoms with Gasteiger partial charge >= 0.3 is 0 Å². The second-order valence-electron chi connectivity index (χ2n) is 5.07. The van der Waals surface area contributed by atoms with Crippen LogP contribution in [0.1, 0.15) is 36.9 Å². The van der Waals surface area contributed by atoms with E-state index in [4.69, 9.17) is 11.6 Å². The first kappa shape index (κ1) is 15.9. The molecule has 2 nitrogen and oxygen atoms in total. The van der Waals surface area contributed by atoms with Gasteiger partial charge in [0.25, 0.3) is 0 Å². The monoisotopic (exact) mass is 306 g/mol. The van der Waals surface area contributed by atoms with Gasteiger partial charge in [0.05, 0.1) is 0 Å². The van der Waals surface area contributed by atoms with E-state index < -0.39 is 0 Å². The highest BCUT2D eigenvalue weighted by Crippen LogP contribution is 2.24. The smallest absolute Gasteiger partial charge is 0.129 e. The third-order valence-electron chi connectivity index (χ3n) is 3.42. The summed E-state index contributed by atoms with van der Waals surface area (Å²) in [6.45, 7) is 2.96. The standard InChI is InChI=1S/C17H20ClFN2/c1-2-9-21-17(8-5-13-4-3-10-20-12-13)15-7-6-14(18)11-16(15)19/h3-4,6-7,10-12,17,21H,2,5,8-9H2,1H3. The average Bonchev–Trinajstić information content (AvgIpc) is 2.49. The number of aryl methyl sites for hydroxylation is 1. The van der Waals surface area contributed by atoms with Gasteiger partial charge in [0.15, 0.2) is 0 Å². The van der Waals surface area contributed by atoms with Crippen molar-refractivity contribution in [2.75, 3.05) is 6.54 Å². The first-order valence-electron chi connectivity index (χ1n) is 7.28. The molecule has 2 aromatic rings. The van der Waals surface area contributed by atoms with E-state index in [2.05, 4.69) is 17.2 Å². The molecule has 1 N–H and O–H groups in total. The molecule has 0 amide bonds. The average molecular weight is 307 g/mol. The van der Waals surface area contributed by atoms with E-state index >= 15 is 0 Å². The Balaban J connectivity index is 2.10. The predicted molar refractivity (Wildman–Crippen MR) is 85.0 cm³/mol. The SMILES string of the molecule is CCCNC(CCc1cccnc1)c1ccc(Cl)cc1F. The molecule has 2 rings (SSSR count). The Morgan fingerprint density at radius 2 is 2.19 bits per heavy atom. The van der Waals surface area contributed by atoms with E-state index in [1.165, 1.54) is 6.07 Å². The summed E-state index contributed by atoms with van der Waals surface area (Å²) in [4.78, 5) is 4.11. The number of pyridine rings is 1. The van der Waals surface area contributed by atoms with Crippen molar-refractivity contribution < 1.29 is 4.39 Å². The zero-order valence-corrected chi connectivity index (χ0v) is 12.9. The van der Waals surface area contributed by atoms with Crippen molar-refractivity contribution in [3.05, 3.63) is 64.7 Å². The van der Waals surface area contributed by atoms with Crippen LogP contribution in [0, 0.1) is 5.82 Å². The molecule has 4 heteroatoms. The Bertz CT molecular complexity index is 560. The molecule has 1 aromatic heterocycles.